The molecular weight excluding hydrogens is 264 g/mol. The molecule has 4 nitrogen and oxygen atoms in total. The van der Waals surface area contributed by atoms with Crippen molar-refractivity contribution in [1.82, 2.24) is 10.3 Å². The van der Waals surface area contributed by atoms with Crippen LogP contribution in [0.3, 0.4) is 0 Å². The molecule has 1 aromatic rings. The molecule has 0 aromatic carbocycles. The number of amides is 1. The Morgan fingerprint density at radius 1 is 1.53 bits per heavy atom. The van der Waals surface area contributed by atoms with Crippen molar-refractivity contribution in [2.75, 3.05) is 0 Å². The van der Waals surface area contributed by atoms with Gasteiger partial charge >= 0.3 is 6.09 Å². The predicted octanol–water partition coefficient (Wildman–Crippen LogP) is 3.42. The molecule has 1 saturated carbocycles. The zero-order chi connectivity index (χ0) is 14.2. The Bertz CT molecular complexity index is 497. The quantitative estimate of drug-likeness (QED) is 0.846. The van der Waals surface area contributed by atoms with Crippen molar-refractivity contribution in [2.24, 2.45) is 0 Å². The highest BCUT2D eigenvalue weighted by molar-refractivity contribution is 6.29. The Labute approximate surface area is 118 Å². The molecule has 0 radical (unpaired) electrons. The summed E-state index contributed by atoms with van der Waals surface area (Å²) in [7, 11) is 0. The minimum atomic E-state index is -0.468. The van der Waals surface area contributed by atoms with Crippen LogP contribution in [0.4, 0.5) is 4.79 Å². The molecule has 0 aliphatic heterocycles. The summed E-state index contributed by atoms with van der Waals surface area (Å²) >= 11 is 5.91. The van der Waals surface area contributed by atoms with Crippen LogP contribution in [0.1, 0.15) is 44.2 Å². The maximum Gasteiger partial charge on any atom is 0.407 e. The number of nitrogens with one attached hydrogen (secondary N) is 1. The summed E-state index contributed by atoms with van der Waals surface area (Å²) in [5.74, 6) is 0.313. The molecule has 1 amide bonds. The van der Waals surface area contributed by atoms with Gasteiger partial charge in [-0.3, -0.25) is 0 Å². The summed E-state index contributed by atoms with van der Waals surface area (Å²) in [6.45, 7) is 7.55. The van der Waals surface area contributed by atoms with Crippen LogP contribution in [-0.2, 0) is 4.74 Å². The lowest BCUT2D eigenvalue weighted by Crippen LogP contribution is -2.34. The number of aryl methyl sites for hydroxylation is 1. The minimum Gasteiger partial charge on any atom is -0.444 e. The Morgan fingerprint density at radius 2 is 2.21 bits per heavy atom. The highest BCUT2D eigenvalue weighted by Gasteiger charge is 2.41. The van der Waals surface area contributed by atoms with Crippen LogP contribution in [0.2, 0.25) is 5.15 Å². The van der Waals surface area contributed by atoms with E-state index in [1.807, 2.05) is 33.8 Å². The molecule has 1 aliphatic rings. The van der Waals surface area contributed by atoms with Gasteiger partial charge in [-0.1, -0.05) is 11.6 Å². The Kier molecular flexibility index (Phi) is 3.72. The van der Waals surface area contributed by atoms with E-state index in [1.54, 1.807) is 6.20 Å². The fraction of sp³-hybridized carbons (Fsp3) is 0.571. The van der Waals surface area contributed by atoms with Crippen LogP contribution >= 0.6 is 11.6 Å². The minimum absolute atomic E-state index is 0.131. The number of pyridine rings is 1. The molecule has 104 valence electrons. The summed E-state index contributed by atoms with van der Waals surface area (Å²) in [5.41, 5.74) is 1.79. The van der Waals surface area contributed by atoms with Gasteiger partial charge in [0.25, 0.3) is 0 Å². The maximum atomic E-state index is 11.7. The highest BCUT2D eigenvalue weighted by Crippen LogP contribution is 2.42. The average molecular weight is 283 g/mol. The van der Waals surface area contributed by atoms with E-state index in [4.69, 9.17) is 16.3 Å². The fourth-order valence-corrected chi connectivity index (χ4v) is 2.24. The molecule has 5 heteroatoms. The standard InChI is InChI=1S/C14H19ClN2O2/c1-8-7-16-12(15)6-9(8)10-5-11(10)17-13(18)19-14(2,3)4/h6-7,10-11H,5H2,1-4H3,(H,17,18). The van der Waals surface area contributed by atoms with Crippen LogP contribution in [-0.4, -0.2) is 22.7 Å². The van der Waals surface area contributed by atoms with E-state index in [1.165, 1.54) is 0 Å². The number of ether oxygens (including phenoxy) is 1. The van der Waals surface area contributed by atoms with Crippen LogP contribution in [0, 0.1) is 6.92 Å². The van der Waals surface area contributed by atoms with Crippen LogP contribution in [0.5, 0.6) is 0 Å². The smallest absolute Gasteiger partial charge is 0.407 e. The van der Waals surface area contributed by atoms with E-state index in [0.29, 0.717) is 11.1 Å². The Morgan fingerprint density at radius 3 is 2.84 bits per heavy atom. The van der Waals surface area contributed by atoms with Gasteiger partial charge in [-0.05, 0) is 51.3 Å². The van der Waals surface area contributed by atoms with Gasteiger partial charge in [-0.25, -0.2) is 9.78 Å². The SMILES string of the molecule is Cc1cnc(Cl)cc1C1CC1NC(=O)OC(C)(C)C. The highest BCUT2D eigenvalue weighted by atomic mass is 35.5. The first-order chi connectivity index (χ1) is 8.76. The second kappa shape index (κ2) is 5.00. The molecular formula is C14H19ClN2O2. The van der Waals surface area contributed by atoms with Gasteiger partial charge in [-0.2, -0.15) is 0 Å². The number of carbonyl (C=O) groups is 1. The van der Waals surface area contributed by atoms with Gasteiger partial charge in [0, 0.05) is 18.2 Å². The number of hydrogen-bond acceptors (Lipinski definition) is 3. The van der Waals surface area contributed by atoms with E-state index in [2.05, 4.69) is 10.3 Å². The van der Waals surface area contributed by atoms with Gasteiger partial charge in [0.05, 0.1) is 0 Å². The number of nitrogens with zero attached hydrogens (tertiary/aromatic N) is 1. The van der Waals surface area contributed by atoms with E-state index in [0.717, 1.165) is 17.5 Å². The van der Waals surface area contributed by atoms with Gasteiger partial charge in [0.1, 0.15) is 10.8 Å². The number of carbonyl (C=O) groups excluding carboxylic acids is 1. The molecule has 2 unspecified atom stereocenters. The lowest BCUT2D eigenvalue weighted by atomic mass is 10.1. The summed E-state index contributed by atoms with van der Waals surface area (Å²) in [5, 5.41) is 3.37. The summed E-state index contributed by atoms with van der Waals surface area (Å²) < 4.78 is 5.24. The van der Waals surface area contributed by atoms with Crippen molar-refractivity contribution in [3.8, 4) is 0 Å². The lowest BCUT2D eigenvalue weighted by Gasteiger charge is -2.19. The van der Waals surface area contributed by atoms with Crippen LogP contribution in [0.25, 0.3) is 0 Å². The van der Waals surface area contributed by atoms with E-state index in [9.17, 15) is 4.79 Å². The maximum absolute atomic E-state index is 11.7. The van der Waals surface area contributed by atoms with Crippen LogP contribution < -0.4 is 5.32 Å². The van der Waals surface area contributed by atoms with E-state index >= 15 is 0 Å². The second-order valence-electron chi connectivity index (χ2n) is 5.96. The first-order valence-corrected chi connectivity index (χ1v) is 6.75. The third-order valence-corrected chi connectivity index (χ3v) is 3.21. The second-order valence-corrected chi connectivity index (χ2v) is 6.35. The Balaban J connectivity index is 1.94. The largest absolute Gasteiger partial charge is 0.444 e. The fourth-order valence-electron chi connectivity index (χ4n) is 2.07. The molecule has 1 aliphatic carbocycles. The van der Waals surface area contributed by atoms with Gasteiger partial charge < -0.3 is 10.1 Å². The molecule has 0 bridgehead atoms. The average Bonchev–Trinajstić information content (AvgIpc) is 2.98. The number of aromatic nitrogens is 1. The van der Waals surface area contributed by atoms with Gasteiger partial charge in [0.15, 0.2) is 0 Å². The molecule has 19 heavy (non-hydrogen) atoms. The molecule has 2 atom stereocenters. The monoisotopic (exact) mass is 282 g/mol. The van der Waals surface area contributed by atoms with Gasteiger partial charge in [0.2, 0.25) is 0 Å². The van der Waals surface area contributed by atoms with Crippen molar-refractivity contribution in [1.29, 1.82) is 0 Å². The molecule has 0 spiro atoms. The number of alkyl carbamates (subject to hydrolysis) is 1. The summed E-state index contributed by atoms with van der Waals surface area (Å²) in [6, 6.07) is 2.00. The third-order valence-electron chi connectivity index (χ3n) is 3.00. The molecule has 1 fully saturated rings. The summed E-state index contributed by atoms with van der Waals surface area (Å²) in [6.07, 6.45) is 2.32. The van der Waals surface area contributed by atoms with Crippen molar-refractivity contribution in [3.63, 3.8) is 0 Å². The molecule has 1 N–H and O–H groups in total. The number of halogens is 1. The topological polar surface area (TPSA) is 51.2 Å². The lowest BCUT2D eigenvalue weighted by molar-refractivity contribution is 0.0523. The zero-order valence-corrected chi connectivity index (χ0v) is 12.4. The molecule has 1 heterocycles. The molecule has 2 rings (SSSR count). The van der Waals surface area contributed by atoms with Crippen molar-refractivity contribution in [2.45, 2.75) is 51.7 Å². The van der Waals surface area contributed by atoms with Crippen molar-refractivity contribution < 1.29 is 9.53 Å². The van der Waals surface area contributed by atoms with Crippen LogP contribution in [0.15, 0.2) is 12.3 Å². The normalized spacial score (nSPS) is 21.9. The third kappa shape index (κ3) is 3.83. The summed E-state index contributed by atoms with van der Waals surface area (Å²) in [4.78, 5) is 15.7. The van der Waals surface area contributed by atoms with E-state index in [-0.39, 0.29) is 12.1 Å². The first kappa shape index (κ1) is 14.1. The van der Waals surface area contributed by atoms with Crippen molar-refractivity contribution in [3.05, 3.63) is 28.5 Å². The first-order valence-electron chi connectivity index (χ1n) is 6.38. The number of rotatable bonds is 2. The molecule has 0 saturated heterocycles. The number of hydrogen-bond donors (Lipinski definition) is 1. The van der Waals surface area contributed by atoms with E-state index < -0.39 is 5.60 Å². The van der Waals surface area contributed by atoms with Crippen molar-refractivity contribution >= 4 is 17.7 Å². The molecule has 1 aromatic heterocycles. The van der Waals surface area contributed by atoms with Gasteiger partial charge in [-0.15, -0.1) is 0 Å². The predicted molar refractivity (Wildman–Crippen MR) is 74.5 cm³/mol. The Hall–Kier alpha value is -1.29. The zero-order valence-electron chi connectivity index (χ0n) is 11.7.